The van der Waals surface area contributed by atoms with Crippen molar-refractivity contribution in [2.75, 3.05) is 7.11 Å². The van der Waals surface area contributed by atoms with Crippen LogP contribution >= 0.6 is 0 Å². The van der Waals surface area contributed by atoms with E-state index in [2.05, 4.69) is 23.2 Å². The van der Waals surface area contributed by atoms with E-state index in [1.54, 1.807) is 0 Å². The molecule has 0 fully saturated rings. The maximum absolute atomic E-state index is 12.2. The van der Waals surface area contributed by atoms with Crippen molar-refractivity contribution in [2.24, 2.45) is 0 Å². The smallest absolute Gasteiger partial charge is 0.330 e. The van der Waals surface area contributed by atoms with Crippen LogP contribution < -0.4 is 0 Å². The summed E-state index contributed by atoms with van der Waals surface area (Å²) in [6.45, 7) is 4.12. The molecular formula is C16H17NO3. The van der Waals surface area contributed by atoms with Crippen molar-refractivity contribution < 1.29 is 14.3 Å². The number of hydrogen-bond acceptors (Lipinski definition) is 3. The van der Waals surface area contributed by atoms with Crippen molar-refractivity contribution in [3.8, 4) is 0 Å². The van der Waals surface area contributed by atoms with Crippen molar-refractivity contribution in [1.82, 2.24) is 4.57 Å². The number of aromatic nitrogens is 1. The minimum atomic E-state index is -0.536. The van der Waals surface area contributed by atoms with Gasteiger partial charge in [0.25, 0.3) is 0 Å². The predicted molar refractivity (Wildman–Crippen MR) is 77.8 cm³/mol. The van der Waals surface area contributed by atoms with Gasteiger partial charge in [-0.3, -0.25) is 4.79 Å². The van der Waals surface area contributed by atoms with Crippen molar-refractivity contribution in [1.29, 1.82) is 0 Å². The van der Waals surface area contributed by atoms with Gasteiger partial charge in [-0.2, -0.15) is 0 Å². The second kappa shape index (κ2) is 5.74. The van der Waals surface area contributed by atoms with E-state index in [0.717, 1.165) is 17.0 Å². The molecule has 0 aliphatic heterocycles. The first kappa shape index (κ1) is 14.1. The van der Waals surface area contributed by atoms with Crippen LogP contribution in [0.2, 0.25) is 0 Å². The average Bonchev–Trinajstić information content (AvgIpc) is 2.84. The third-order valence-electron chi connectivity index (χ3n) is 3.13. The van der Waals surface area contributed by atoms with Crippen LogP contribution in [-0.4, -0.2) is 23.4 Å². The summed E-state index contributed by atoms with van der Waals surface area (Å²) in [7, 11) is 1.28. The van der Waals surface area contributed by atoms with Gasteiger partial charge in [-0.25, -0.2) is 4.79 Å². The molecular weight excluding hydrogens is 254 g/mol. The number of hydrogen-bond donors (Lipinski definition) is 0. The van der Waals surface area contributed by atoms with Gasteiger partial charge < -0.3 is 9.30 Å². The highest BCUT2D eigenvalue weighted by atomic mass is 16.5. The van der Waals surface area contributed by atoms with E-state index in [1.807, 2.05) is 30.5 Å². The molecule has 1 heterocycles. The number of nitrogens with zero attached hydrogens (tertiary/aromatic N) is 1. The predicted octanol–water partition coefficient (Wildman–Crippen LogP) is 3.13. The van der Waals surface area contributed by atoms with Crippen LogP contribution in [0.4, 0.5) is 0 Å². The van der Waals surface area contributed by atoms with E-state index in [1.165, 1.54) is 13.2 Å². The molecule has 0 aliphatic carbocycles. The molecule has 0 atom stereocenters. The molecule has 2 rings (SSSR count). The highest BCUT2D eigenvalue weighted by Gasteiger charge is 2.14. The summed E-state index contributed by atoms with van der Waals surface area (Å²) in [5, 5.41) is 0.890. The highest BCUT2D eigenvalue weighted by Crippen LogP contribution is 2.25. The Labute approximate surface area is 117 Å². The zero-order valence-electron chi connectivity index (χ0n) is 11.8. The zero-order valence-corrected chi connectivity index (χ0v) is 11.8. The fraction of sp³-hybridized carbons (Fsp3) is 0.250. The zero-order chi connectivity index (χ0) is 14.7. The number of esters is 1. The normalized spacial score (nSPS) is 11.4. The molecule has 4 heteroatoms. The monoisotopic (exact) mass is 271 g/mol. The minimum Gasteiger partial charge on any atom is -0.466 e. The standard InChI is InChI=1S/C16H17NO3/c1-11(2)17-10-13(12-6-4-5-7-14(12)17)15(18)8-9-16(19)20-3/h4-11H,1-3H3/b9-8+. The molecule has 0 unspecified atom stereocenters. The Morgan fingerprint density at radius 3 is 2.55 bits per heavy atom. The fourth-order valence-electron chi connectivity index (χ4n) is 2.13. The summed E-state index contributed by atoms with van der Waals surface area (Å²) in [5.74, 6) is -0.739. The van der Waals surface area contributed by atoms with Crippen LogP contribution in [-0.2, 0) is 9.53 Å². The number of methoxy groups -OCH3 is 1. The number of ketones is 1. The quantitative estimate of drug-likeness (QED) is 0.487. The lowest BCUT2D eigenvalue weighted by atomic mass is 10.1. The van der Waals surface area contributed by atoms with Gasteiger partial charge in [0, 0.05) is 34.8 Å². The molecule has 4 nitrogen and oxygen atoms in total. The van der Waals surface area contributed by atoms with E-state index in [-0.39, 0.29) is 11.8 Å². The number of carbonyl (C=O) groups excluding carboxylic acids is 2. The van der Waals surface area contributed by atoms with Crippen molar-refractivity contribution >= 4 is 22.7 Å². The summed E-state index contributed by atoms with van der Waals surface area (Å²) in [6.07, 6.45) is 4.22. The van der Waals surface area contributed by atoms with Crippen LogP contribution in [0.15, 0.2) is 42.6 Å². The Hall–Kier alpha value is -2.36. The molecule has 0 radical (unpaired) electrons. The second-order valence-electron chi connectivity index (χ2n) is 4.78. The number of rotatable bonds is 4. The van der Waals surface area contributed by atoms with Crippen LogP contribution in [0.5, 0.6) is 0 Å². The highest BCUT2D eigenvalue weighted by molar-refractivity contribution is 6.14. The van der Waals surface area contributed by atoms with E-state index in [9.17, 15) is 9.59 Å². The van der Waals surface area contributed by atoms with Gasteiger partial charge in [0.15, 0.2) is 5.78 Å². The Bertz CT molecular complexity index is 680. The summed E-state index contributed by atoms with van der Waals surface area (Å²) < 4.78 is 6.53. The second-order valence-corrected chi connectivity index (χ2v) is 4.78. The van der Waals surface area contributed by atoms with Gasteiger partial charge in [-0.1, -0.05) is 18.2 Å². The lowest BCUT2D eigenvalue weighted by molar-refractivity contribution is -0.134. The summed E-state index contributed by atoms with van der Waals surface area (Å²) in [4.78, 5) is 23.3. The number of fused-ring (bicyclic) bond motifs is 1. The lowest BCUT2D eigenvalue weighted by Gasteiger charge is -2.08. The number of benzene rings is 1. The minimum absolute atomic E-state index is 0.203. The van der Waals surface area contributed by atoms with Crippen LogP contribution in [0, 0.1) is 0 Å². The Kier molecular flexibility index (Phi) is 4.03. The van der Waals surface area contributed by atoms with Gasteiger partial charge in [-0.15, -0.1) is 0 Å². The van der Waals surface area contributed by atoms with E-state index >= 15 is 0 Å². The molecule has 0 saturated carbocycles. The molecule has 0 spiro atoms. The van der Waals surface area contributed by atoms with Crippen LogP contribution in [0.1, 0.15) is 30.2 Å². The largest absolute Gasteiger partial charge is 0.466 e. The molecule has 1 aromatic heterocycles. The third kappa shape index (κ3) is 2.64. The topological polar surface area (TPSA) is 48.3 Å². The number of carbonyl (C=O) groups is 2. The molecule has 0 saturated heterocycles. The molecule has 104 valence electrons. The van der Waals surface area contributed by atoms with Gasteiger partial charge in [0.2, 0.25) is 0 Å². The first-order chi connectivity index (χ1) is 9.54. The molecule has 0 aliphatic rings. The summed E-state index contributed by atoms with van der Waals surface area (Å²) in [5.41, 5.74) is 1.60. The maximum Gasteiger partial charge on any atom is 0.330 e. The van der Waals surface area contributed by atoms with Crippen LogP contribution in [0.3, 0.4) is 0 Å². The van der Waals surface area contributed by atoms with Crippen LogP contribution in [0.25, 0.3) is 10.9 Å². The molecule has 1 aromatic carbocycles. The molecule has 20 heavy (non-hydrogen) atoms. The Morgan fingerprint density at radius 2 is 1.90 bits per heavy atom. The molecule has 0 amide bonds. The third-order valence-corrected chi connectivity index (χ3v) is 3.13. The fourth-order valence-corrected chi connectivity index (χ4v) is 2.13. The summed E-state index contributed by atoms with van der Waals surface area (Å²) in [6, 6.07) is 7.99. The number of ether oxygens (including phenoxy) is 1. The Morgan fingerprint density at radius 1 is 1.20 bits per heavy atom. The van der Waals surface area contributed by atoms with Gasteiger partial charge in [0.05, 0.1) is 7.11 Å². The maximum atomic E-state index is 12.2. The summed E-state index contributed by atoms with van der Waals surface area (Å²) >= 11 is 0. The molecule has 2 aromatic rings. The van der Waals surface area contributed by atoms with E-state index < -0.39 is 5.97 Å². The van der Waals surface area contributed by atoms with Gasteiger partial charge >= 0.3 is 5.97 Å². The average molecular weight is 271 g/mol. The first-order valence-corrected chi connectivity index (χ1v) is 6.44. The SMILES string of the molecule is COC(=O)/C=C/C(=O)c1cn(C(C)C)c2ccccc12. The Balaban J connectivity index is 2.47. The van der Waals surface area contributed by atoms with Gasteiger partial charge in [-0.05, 0) is 26.0 Å². The molecule has 0 bridgehead atoms. The lowest BCUT2D eigenvalue weighted by Crippen LogP contribution is -2.00. The number of allylic oxidation sites excluding steroid dienone is 1. The first-order valence-electron chi connectivity index (χ1n) is 6.44. The number of para-hydroxylation sites is 1. The van der Waals surface area contributed by atoms with E-state index in [0.29, 0.717) is 5.56 Å². The van der Waals surface area contributed by atoms with Crippen molar-refractivity contribution in [3.05, 3.63) is 48.2 Å². The van der Waals surface area contributed by atoms with Gasteiger partial charge in [0.1, 0.15) is 0 Å². The molecule has 0 N–H and O–H groups in total. The van der Waals surface area contributed by atoms with E-state index in [4.69, 9.17) is 0 Å². The van der Waals surface area contributed by atoms with Crippen molar-refractivity contribution in [2.45, 2.75) is 19.9 Å². The van der Waals surface area contributed by atoms with Crippen molar-refractivity contribution in [3.63, 3.8) is 0 Å².